The second-order valence-electron chi connectivity index (χ2n) is 11.9. The van der Waals surface area contributed by atoms with Crippen LogP contribution in [0.1, 0.15) is 79.1 Å². The number of aliphatic hydroxyl groups excluding tert-OH is 1. The lowest BCUT2D eigenvalue weighted by Crippen LogP contribution is -2.50. The van der Waals surface area contributed by atoms with E-state index in [0.29, 0.717) is 35.9 Å². The van der Waals surface area contributed by atoms with E-state index in [0.717, 1.165) is 67.4 Å². The number of fused-ring (bicyclic) bond motifs is 1. The van der Waals surface area contributed by atoms with Gasteiger partial charge in [-0.2, -0.15) is 0 Å². The van der Waals surface area contributed by atoms with Gasteiger partial charge in [-0.3, -0.25) is 0 Å². The highest BCUT2D eigenvalue weighted by molar-refractivity contribution is 5.99. The monoisotopic (exact) mass is 480 g/mol. The lowest BCUT2D eigenvalue weighted by Gasteiger charge is -2.54. The predicted molar refractivity (Wildman–Crippen MR) is 134 cm³/mol. The lowest BCUT2D eigenvalue weighted by atomic mass is 9.46. The van der Waals surface area contributed by atoms with Gasteiger partial charge in [-0.15, -0.1) is 0 Å². The number of cyclic esters (lactones) is 2. The summed E-state index contributed by atoms with van der Waals surface area (Å²) in [7, 11) is 0. The smallest absolute Gasteiger partial charge is 0.340 e. The third-order valence-electron chi connectivity index (χ3n) is 9.23. The number of rotatable bonds is 8. The fourth-order valence-electron chi connectivity index (χ4n) is 7.25. The van der Waals surface area contributed by atoms with Gasteiger partial charge in [0.15, 0.2) is 0 Å². The number of hydrogen-bond acceptors (Lipinski definition) is 5. The van der Waals surface area contributed by atoms with Crippen LogP contribution in [-0.2, 0) is 19.1 Å². The molecule has 1 N–H and O–H groups in total. The SMILES string of the molecule is CCC(C=C1OC(=O)C2=CC3CCC12C1C2=C(CCC31)C(=CCC(C)CO)OC2=O)CCC(C)C. The summed E-state index contributed by atoms with van der Waals surface area (Å²) < 4.78 is 11.9. The molecule has 6 unspecified atom stereocenters. The number of hydrogen-bond donors (Lipinski definition) is 1. The van der Waals surface area contributed by atoms with Crippen molar-refractivity contribution in [2.45, 2.75) is 79.1 Å². The molecule has 2 heterocycles. The van der Waals surface area contributed by atoms with Crippen LogP contribution in [0.15, 0.2) is 46.5 Å². The van der Waals surface area contributed by atoms with Gasteiger partial charge >= 0.3 is 11.9 Å². The molecule has 1 spiro atoms. The highest BCUT2D eigenvalue weighted by atomic mass is 16.5. The number of carbonyl (C=O) groups excluding carboxylic acids is 2. The summed E-state index contributed by atoms with van der Waals surface area (Å²) in [6.07, 6.45) is 14.0. The molecular weight excluding hydrogens is 440 g/mol. The second-order valence-corrected chi connectivity index (χ2v) is 11.9. The molecule has 2 aliphatic heterocycles. The maximum atomic E-state index is 13.4. The van der Waals surface area contributed by atoms with E-state index in [1.54, 1.807) is 0 Å². The Morgan fingerprint density at radius 2 is 1.94 bits per heavy atom. The summed E-state index contributed by atoms with van der Waals surface area (Å²) in [6.45, 7) is 8.79. The molecule has 4 aliphatic carbocycles. The summed E-state index contributed by atoms with van der Waals surface area (Å²) >= 11 is 0. The average Bonchev–Trinajstić information content (AvgIpc) is 3.33. The van der Waals surface area contributed by atoms with E-state index in [1.807, 2.05) is 13.0 Å². The maximum absolute atomic E-state index is 13.4. The van der Waals surface area contributed by atoms with Crippen molar-refractivity contribution in [1.82, 2.24) is 0 Å². The van der Waals surface area contributed by atoms with Gasteiger partial charge in [-0.05, 0) is 86.7 Å². The van der Waals surface area contributed by atoms with Gasteiger partial charge in [-0.1, -0.05) is 40.2 Å². The van der Waals surface area contributed by atoms with Crippen LogP contribution in [0.5, 0.6) is 0 Å². The number of esters is 2. The minimum Gasteiger partial charge on any atom is -0.427 e. The van der Waals surface area contributed by atoms with E-state index in [2.05, 4.69) is 32.9 Å². The molecule has 6 aliphatic rings. The Bertz CT molecular complexity index is 1030. The molecular formula is C30H40O5. The molecule has 0 aromatic rings. The van der Waals surface area contributed by atoms with Gasteiger partial charge in [-0.25, -0.2) is 9.59 Å². The van der Waals surface area contributed by atoms with Crippen molar-refractivity contribution < 1.29 is 24.2 Å². The molecule has 2 fully saturated rings. The van der Waals surface area contributed by atoms with Crippen LogP contribution in [0, 0.1) is 40.9 Å². The molecule has 5 heteroatoms. The molecule has 1 saturated carbocycles. The van der Waals surface area contributed by atoms with Crippen LogP contribution in [0.4, 0.5) is 0 Å². The van der Waals surface area contributed by atoms with Crippen LogP contribution in [0.2, 0.25) is 0 Å². The minimum absolute atomic E-state index is 0.0565. The Morgan fingerprint density at radius 1 is 1.14 bits per heavy atom. The van der Waals surface area contributed by atoms with Crippen molar-refractivity contribution in [2.75, 3.05) is 6.61 Å². The van der Waals surface area contributed by atoms with Gasteiger partial charge in [0.2, 0.25) is 0 Å². The van der Waals surface area contributed by atoms with Gasteiger partial charge in [0.25, 0.3) is 0 Å². The number of aliphatic hydroxyl groups is 1. The fraction of sp³-hybridized carbons (Fsp3) is 0.667. The fourth-order valence-corrected chi connectivity index (χ4v) is 7.25. The van der Waals surface area contributed by atoms with Crippen LogP contribution in [0.25, 0.3) is 0 Å². The Hall–Kier alpha value is -2.14. The van der Waals surface area contributed by atoms with Crippen LogP contribution >= 0.6 is 0 Å². The first-order chi connectivity index (χ1) is 16.8. The lowest BCUT2D eigenvalue weighted by molar-refractivity contribution is -0.135. The van der Waals surface area contributed by atoms with Crippen molar-refractivity contribution >= 4 is 11.9 Å². The summed E-state index contributed by atoms with van der Waals surface area (Å²) in [5.74, 6) is 2.71. The van der Waals surface area contributed by atoms with Gasteiger partial charge in [0.05, 0.1) is 5.41 Å². The molecule has 0 radical (unpaired) electrons. The molecule has 2 bridgehead atoms. The van der Waals surface area contributed by atoms with Gasteiger partial charge < -0.3 is 14.6 Å². The van der Waals surface area contributed by atoms with Gasteiger partial charge in [0, 0.05) is 29.2 Å². The molecule has 0 amide bonds. The van der Waals surface area contributed by atoms with Crippen molar-refractivity contribution in [2.24, 2.45) is 40.9 Å². The van der Waals surface area contributed by atoms with Crippen LogP contribution in [0.3, 0.4) is 0 Å². The normalized spacial score (nSPS) is 35.1. The summed E-state index contributed by atoms with van der Waals surface area (Å²) in [4.78, 5) is 26.5. The quantitative estimate of drug-likeness (QED) is 0.431. The third kappa shape index (κ3) is 3.94. The number of ether oxygens (including phenoxy) is 2. The molecule has 190 valence electrons. The van der Waals surface area contributed by atoms with Crippen molar-refractivity contribution in [3.8, 4) is 0 Å². The maximum Gasteiger partial charge on any atom is 0.340 e. The molecule has 6 atom stereocenters. The molecule has 0 aromatic carbocycles. The second kappa shape index (κ2) is 9.38. The zero-order chi connectivity index (χ0) is 24.9. The topological polar surface area (TPSA) is 72.8 Å². The van der Waals surface area contributed by atoms with Crippen molar-refractivity contribution in [3.63, 3.8) is 0 Å². The van der Waals surface area contributed by atoms with E-state index < -0.39 is 5.41 Å². The minimum atomic E-state index is -0.532. The highest BCUT2D eigenvalue weighted by Gasteiger charge is 2.66. The predicted octanol–water partition coefficient (Wildman–Crippen LogP) is 6.01. The Kier molecular flexibility index (Phi) is 6.58. The Morgan fingerprint density at radius 3 is 2.66 bits per heavy atom. The Labute approximate surface area is 209 Å². The van der Waals surface area contributed by atoms with Crippen LogP contribution < -0.4 is 0 Å². The molecule has 6 rings (SSSR count). The largest absolute Gasteiger partial charge is 0.427 e. The zero-order valence-electron chi connectivity index (χ0n) is 21.6. The van der Waals surface area contributed by atoms with E-state index in [4.69, 9.17) is 9.47 Å². The standard InChI is InChI=1S/C30H40O5/c1-5-19(8-6-17(2)3)14-25-30-13-12-20(15-23(30)28(32)35-25)21-9-10-22-24(11-7-18(4)16-31)34-29(33)26(22)27(21)30/h11,14-15,17-21,27,31H,5-10,12-13,16H2,1-4H3. The summed E-state index contributed by atoms with van der Waals surface area (Å²) in [5, 5.41) is 9.43. The van der Waals surface area contributed by atoms with Crippen molar-refractivity contribution in [3.05, 3.63) is 46.5 Å². The highest BCUT2D eigenvalue weighted by Crippen LogP contribution is 2.68. The zero-order valence-corrected chi connectivity index (χ0v) is 21.6. The first kappa shape index (κ1) is 24.5. The Balaban J connectivity index is 1.58. The van der Waals surface area contributed by atoms with Gasteiger partial charge in [0.1, 0.15) is 11.5 Å². The van der Waals surface area contributed by atoms with E-state index >= 15 is 0 Å². The first-order valence-electron chi connectivity index (χ1n) is 13.7. The molecule has 5 nitrogen and oxygen atoms in total. The van der Waals surface area contributed by atoms with Crippen molar-refractivity contribution in [1.29, 1.82) is 0 Å². The van der Waals surface area contributed by atoms with Crippen LogP contribution in [-0.4, -0.2) is 23.7 Å². The summed E-state index contributed by atoms with van der Waals surface area (Å²) in [5.41, 5.74) is 2.07. The third-order valence-corrected chi connectivity index (χ3v) is 9.23. The average molecular weight is 481 g/mol. The number of carbonyl (C=O) groups is 2. The van der Waals surface area contributed by atoms with E-state index in [1.165, 1.54) is 0 Å². The molecule has 1 saturated heterocycles. The molecule has 35 heavy (non-hydrogen) atoms. The first-order valence-corrected chi connectivity index (χ1v) is 13.7. The summed E-state index contributed by atoms with van der Waals surface area (Å²) in [6, 6.07) is 0. The van der Waals surface area contributed by atoms with E-state index in [-0.39, 0.29) is 30.4 Å². The number of allylic oxidation sites excluding steroid dienone is 5. The van der Waals surface area contributed by atoms with E-state index in [9.17, 15) is 14.7 Å². The molecule has 0 aromatic heterocycles.